The average molecular weight is 386 g/mol. The van der Waals surface area contributed by atoms with Gasteiger partial charge in [0.2, 0.25) is 0 Å². The molecule has 4 heteroatoms. The maximum atomic E-state index is 5.66. The van der Waals surface area contributed by atoms with Gasteiger partial charge in [0.25, 0.3) is 0 Å². The molecule has 0 atom stereocenters. The number of hydrogen-bond donors (Lipinski definition) is 0. The van der Waals surface area contributed by atoms with E-state index < -0.39 is 0 Å². The molecule has 2 aromatic rings. The van der Waals surface area contributed by atoms with Gasteiger partial charge in [0.1, 0.15) is 11.5 Å². The Bertz CT molecular complexity index is 614. The van der Waals surface area contributed by atoms with E-state index in [1.165, 1.54) is 12.3 Å². The van der Waals surface area contributed by atoms with Gasteiger partial charge in [-0.3, -0.25) is 0 Å². The van der Waals surface area contributed by atoms with Gasteiger partial charge in [-0.15, -0.1) is 0 Å². The van der Waals surface area contributed by atoms with E-state index in [1.807, 2.05) is 50.3 Å². The molecule has 3 nitrogen and oxygen atoms in total. The van der Waals surface area contributed by atoms with Crippen molar-refractivity contribution in [3.63, 3.8) is 0 Å². The zero-order chi connectivity index (χ0) is 17.5. The normalized spacial score (nSPS) is 17.8. The van der Waals surface area contributed by atoms with Gasteiger partial charge in [-0.2, -0.15) is 0 Å². The van der Waals surface area contributed by atoms with Crippen LogP contribution < -0.4 is 0 Å². The number of nitrogens with zero attached hydrogens (tertiary/aromatic N) is 2. The molecule has 0 bridgehead atoms. The minimum Gasteiger partial charge on any atom is -0.447 e. The fourth-order valence-electron chi connectivity index (χ4n) is 2.72. The molecular formula is C22H22FeN2O. The smallest absolute Gasteiger partial charge is 0.181 e. The number of aromatic nitrogens is 1. The first kappa shape index (κ1) is 21.2. The summed E-state index contributed by atoms with van der Waals surface area (Å²) in [6, 6.07) is 10.1. The summed E-state index contributed by atoms with van der Waals surface area (Å²) in [6.45, 7) is 0.886. The van der Waals surface area contributed by atoms with Crippen molar-refractivity contribution < 1.29 is 21.5 Å². The molecule has 1 aromatic carbocycles. The quantitative estimate of drug-likeness (QED) is 0.743. The van der Waals surface area contributed by atoms with Crippen LogP contribution in [0.4, 0.5) is 0 Å². The van der Waals surface area contributed by atoms with Gasteiger partial charge in [-0.1, -0.05) is 30.3 Å². The Morgan fingerprint density at radius 1 is 0.885 bits per heavy atom. The summed E-state index contributed by atoms with van der Waals surface area (Å²) in [4.78, 5) is 6.53. The van der Waals surface area contributed by atoms with Gasteiger partial charge in [0.15, 0.2) is 6.39 Å². The van der Waals surface area contributed by atoms with Crippen molar-refractivity contribution in [2.45, 2.75) is 0 Å². The van der Waals surface area contributed by atoms with Crippen molar-refractivity contribution in [2.24, 2.45) is 0 Å². The third kappa shape index (κ3) is 5.70. The SMILES string of the molecule is CN(C)C[C]1[CH][CH][CH][C]1c1ocnc1-c1ccccc1.[CH]1[CH][CH][CH][CH]1.[Fe]. The van der Waals surface area contributed by atoms with Crippen LogP contribution in [0.15, 0.2) is 41.1 Å². The fourth-order valence-corrected chi connectivity index (χ4v) is 2.72. The Morgan fingerprint density at radius 2 is 1.54 bits per heavy atom. The van der Waals surface area contributed by atoms with Crippen molar-refractivity contribution in [2.75, 3.05) is 20.6 Å². The second kappa shape index (κ2) is 10.9. The summed E-state index contributed by atoms with van der Waals surface area (Å²) in [5.74, 6) is 3.22. The van der Waals surface area contributed by atoms with Crippen LogP contribution >= 0.6 is 0 Å². The third-order valence-electron chi connectivity index (χ3n) is 3.81. The molecule has 1 aromatic heterocycles. The van der Waals surface area contributed by atoms with Gasteiger partial charge in [0, 0.05) is 35.1 Å². The van der Waals surface area contributed by atoms with E-state index in [-0.39, 0.29) is 17.1 Å². The summed E-state index contributed by atoms with van der Waals surface area (Å²) < 4.78 is 5.66. The predicted octanol–water partition coefficient (Wildman–Crippen LogP) is 4.05. The van der Waals surface area contributed by atoms with Crippen molar-refractivity contribution in [3.8, 4) is 11.3 Å². The Morgan fingerprint density at radius 3 is 2.15 bits per heavy atom. The van der Waals surface area contributed by atoms with E-state index >= 15 is 0 Å². The molecule has 0 aliphatic heterocycles. The molecule has 0 spiro atoms. The van der Waals surface area contributed by atoms with Crippen LogP contribution in [0.3, 0.4) is 0 Å². The first-order valence-electron chi connectivity index (χ1n) is 8.31. The molecule has 0 amide bonds. The summed E-state index contributed by atoms with van der Waals surface area (Å²) in [6.07, 6.45) is 17.8. The number of hydrogen-bond acceptors (Lipinski definition) is 3. The van der Waals surface area contributed by atoms with Crippen molar-refractivity contribution >= 4 is 0 Å². The standard InChI is InChI=1S/C17H17N2O.C5H5.Fe/c1-19(2)11-14-9-6-10-15(14)17-16(18-12-20-17)13-7-4-3-5-8-13;1-2-4-5-3-1;/h3-10,12H,11H2,1-2H3;1-5H;. The third-order valence-corrected chi connectivity index (χ3v) is 3.81. The minimum atomic E-state index is 0. The van der Waals surface area contributed by atoms with E-state index in [0.717, 1.165) is 29.5 Å². The summed E-state index contributed by atoms with van der Waals surface area (Å²) >= 11 is 0. The molecule has 2 saturated carbocycles. The van der Waals surface area contributed by atoms with Gasteiger partial charge in [0.05, 0.1) is 5.92 Å². The van der Waals surface area contributed by atoms with Crippen molar-refractivity contribution in [1.29, 1.82) is 0 Å². The van der Waals surface area contributed by atoms with Crippen LogP contribution in [-0.4, -0.2) is 30.5 Å². The summed E-state index contributed by atoms with van der Waals surface area (Å²) in [5.41, 5.74) is 1.98. The monoisotopic (exact) mass is 386 g/mol. The van der Waals surface area contributed by atoms with E-state index in [1.54, 1.807) is 0 Å². The van der Waals surface area contributed by atoms with Crippen LogP contribution in [0.2, 0.25) is 0 Å². The molecule has 134 valence electrons. The van der Waals surface area contributed by atoms with Gasteiger partial charge >= 0.3 is 0 Å². The number of oxazole rings is 1. The largest absolute Gasteiger partial charge is 0.447 e. The second-order valence-corrected chi connectivity index (χ2v) is 6.06. The van der Waals surface area contributed by atoms with Crippen LogP contribution in [0.25, 0.3) is 11.3 Å². The molecule has 1 heterocycles. The Hall–Kier alpha value is -1.09. The van der Waals surface area contributed by atoms with Crippen LogP contribution in [0.1, 0.15) is 5.76 Å². The van der Waals surface area contributed by atoms with Crippen molar-refractivity contribution in [1.82, 2.24) is 9.88 Å². The van der Waals surface area contributed by atoms with Gasteiger partial charge in [-0.05, 0) is 65.5 Å². The van der Waals surface area contributed by atoms with Crippen molar-refractivity contribution in [3.05, 3.63) is 106 Å². The van der Waals surface area contributed by atoms with Crippen LogP contribution in [-0.2, 0) is 17.1 Å². The van der Waals surface area contributed by atoms with E-state index in [2.05, 4.69) is 55.4 Å². The molecular weight excluding hydrogens is 364 g/mol. The molecule has 2 aliphatic carbocycles. The number of rotatable bonds is 4. The molecule has 10 radical (unpaired) electrons. The average Bonchev–Trinajstić information content (AvgIpc) is 3.38. The zero-order valence-corrected chi connectivity index (χ0v) is 16.1. The van der Waals surface area contributed by atoms with E-state index in [0.29, 0.717) is 0 Å². The molecule has 26 heavy (non-hydrogen) atoms. The first-order valence-corrected chi connectivity index (χ1v) is 8.31. The maximum absolute atomic E-state index is 5.66. The van der Waals surface area contributed by atoms with Crippen LogP contribution in [0, 0.1) is 63.2 Å². The van der Waals surface area contributed by atoms with E-state index in [9.17, 15) is 0 Å². The maximum Gasteiger partial charge on any atom is 0.181 e. The number of benzene rings is 1. The fraction of sp³-hybridized carbons (Fsp3) is 0.136. The Kier molecular flexibility index (Phi) is 8.90. The summed E-state index contributed by atoms with van der Waals surface area (Å²) in [7, 11) is 4.13. The second-order valence-electron chi connectivity index (χ2n) is 6.06. The zero-order valence-electron chi connectivity index (χ0n) is 14.9. The topological polar surface area (TPSA) is 29.3 Å². The molecule has 2 aliphatic rings. The van der Waals surface area contributed by atoms with Gasteiger partial charge in [-0.25, -0.2) is 4.98 Å². The van der Waals surface area contributed by atoms with Gasteiger partial charge < -0.3 is 9.32 Å². The Labute approximate surface area is 169 Å². The molecule has 0 saturated heterocycles. The molecule has 0 unspecified atom stereocenters. The minimum absolute atomic E-state index is 0. The molecule has 0 N–H and O–H groups in total. The van der Waals surface area contributed by atoms with E-state index in [4.69, 9.17) is 4.42 Å². The predicted molar refractivity (Wildman–Crippen MR) is 100 cm³/mol. The first-order chi connectivity index (χ1) is 12.3. The van der Waals surface area contributed by atoms with Crippen LogP contribution in [0.5, 0.6) is 0 Å². The molecule has 4 rings (SSSR count). The Balaban J connectivity index is 0.000000351. The summed E-state index contributed by atoms with van der Waals surface area (Å²) in [5, 5.41) is 0. The molecule has 2 fully saturated rings.